The standard InChI is InChI=1S/C28H26N4O3/c29-27(34)21-5-3-4-19(14-21)26(33)20-8-11-23-24(28(35)31-25(23)15-20)16-30-22-9-6-18(7-10-22)17-32-12-1-2-13-32/h3-11,14-16,31,35H,1-2,12-13,17H2,(H2,29,34). The van der Waals surface area contributed by atoms with Gasteiger partial charge >= 0.3 is 0 Å². The highest BCUT2D eigenvalue weighted by atomic mass is 16.3. The van der Waals surface area contributed by atoms with Crippen LogP contribution in [0.4, 0.5) is 5.69 Å². The van der Waals surface area contributed by atoms with Crippen LogP contribution in [0.3, 0.4) is 0 Å². The van der Waals surface area contributed by atoms with Crippen LogP contribution in [0, 0.1) is 0 Å². The lowest BCUT2D eigenvalue weighted by Crippen LogP contribution is -2.18. The summed E-state index contributed by atoms with van der Waals surface area (Å²) in [5.41, 5.74) is 9.62. The van der Waals surface area contributed by atoms with Crippen molar-refractivity contribution in [2.24, 2.45) is 10.7 Å². The Morgan fingerprint density at radius 1 is 0.971 bits per heavy atom. The van der Waals surface area contributed by atoms with Crippen molar-refractivity contribution in [3.63, 3.8) is 0 Å². The van der Waals surface area contributed by atoms with Crippen molar-refractivity contribution in [2.75, 3.05) is 13.1 Å². The maximum Gasteiger partial charge on any atom is 0.248 e. The Kier molecular flexibility index (Phi) is 6.16. The van der Waals surface area contributed by atoms with Crippen molar-refractivity contribution >= 4 is 34.5 Å². The highest BCUT2D eigenvalue weighted by Crippen LogP contribution is 2.28. The number of amides is 1. The molecule has 0 bridgehead atoms. The number of aromatic nitrogens is 1. The van der Waals surface area contributed by atoms with Gasteiger partial charge in [-0.1, -0.05) is 36.4 Å². The monoisotopic (exact) mass is 466 g/mol. The number of fused-ring (bicyclic) bond motifs is 1. The second-order valence-electron chi connectivity index (χ2n) is 8.83. The molecule has 0 atom stereocenters. The zero-order valence-corrected chi connectivity index (χ0v) is 19.2. The fourth-order valence-corrected chi connectivity index (χ4v) is 4.48. The lowest BCUT2D eigenvalue weighted by atomic mass is 10.00. The van der Waals surface area contributed by atoms with Crippen molar-refractivity contribution in [1.29, 1.82) is 0 Å². The summed E-state index contributed by atoms with van der Waals surface area (Å²) < 4.78 is 0. The van der Waals surface area contributed by atoms with Crippen LogP contribution in [0.15, 0.2) is 71.7 Å². The molecule has 0 aliphatic carbocycles. The van der Waals surface area contributed by atoms with Crippen molar-refractivity contribution in [1.82, 2.24) is 9.88 Å². The van der Waals surface area contributed by atoms with E-state index in [9.17, 15) is 14.7 Å². The van der Waals surface area contributed by atoms with Crippen molar-refractivity contribution < 1.29 is 14.7 Å². The van der Waals surface area contributed by atoms with Crippen LogP contribution >= 0.6 is 0 Å². The fraction of sp³-hybridized carbons (Fsp3) is 0.179. The Bertz CT molecular complexity index is 1430. The molecule has 1 aromatic heterocycles. The predicted molar refractivity (Wildman–Crippen MR) is 137 cm³/mol. The summed E-state index contributed by atoms with van der Waals surface area (Å²) in [6.07, 6.45) is 4.17. The number of nitrogens with two attached hydrogens (primary N) is 1. The number of aromatic hydroxyl groups is 1. The molecular formula is C28H26N4O3. The van der Waals surface area contributed by atoms with Gasteiger partial charge in [-0.15, -0.1) is 0 Å². The Morgan fingerprint density at radius 3 is 2.43 bits per heavy atom. The number of H-pyrrole nitrogens is 1. The van der Waals surface area contributed by atoms with Crippen molar-refractivity contribution in [2.45, 2.75) is 19.4 Å². The van der Waals surface area contributed by atoms with Gasteiger partial charge in [0.15, 0.2) is 11.7 Å². The van der Waals surface area contributed by atoms with Crippen LogP contribution in [-0.2, 0) is 6.54 Å². The molecule has 1 aliphatic heterocycles. The number of hydrogen-bond acceptors (Lipinski definition) is 5. The summed E-state index contributed by atoms with van der Waals surface area (Å²) in [6.45, 7) is 3.28. The highest BCUT2D eigenvalue weighted by Gasteiger charge is 2.15. The number of aromatic amines is 1. The third kappa shape index (κ3) is 4.85. The molecular weight excluding hydrogens is 440 g/mol. The third-order valence-electron chi connectivity index (χ3n) is 6.37. The molecule has 1 saturated heterocycles. The summed E-state index contributed by atoms with van der Waals surface area (Å²) in [5.74, 6) is -0.849. The molecule has 0 unspecified atom stereocenters. The van der Waals surface area contributed by atoms with E-state index in [1.54, 1.807) is 42.6 Å². The van der Waals surface area contributed by atoms with Crippen molar-refractivity contribution in [3.8, 4) is 5.88 Å². The zero-order chi connectivity index (χ0) is 24.4. The molecule has 1 fully saturated rings. The number of hydrogen-bond donors (Lipinski definition) is 3. The summed E-state index contributed by atoms with van der Waals surface area (Å²) in [5, 5.41) is 11.2. The maximum absolute atomic E-state index is 12.9. The van der Waals surface area contributed by atoms with E-state index >= 15 is 0 Å². The minimum Gasteiger partial charge on any atom is -0.494 e. The Hall–Kier alpha value is -4.23. The van der Waals surface area contributed by atoms with Crippen molar-refractivity contribution in [3.05, 3.63) is 94.5 Å². The number of rotatable bonds is 7. The highest BCUT2D eigenvalue weighted by molar-refractivity contribution is 6.12. The van der Waals surface area contributed by atoms with Crippen LogP contribution < -0.4 is 5.73 Å². The molecule has 0 saturated carbocycles. The smallest absolute Gasteiger partial charge is 0.248 e. The van der Waals surface area contributed by atoms with E-state index in [4.69, 9.17) is 5.73 Å². The van der Waals surface area contributed by atoms with E-state index in [0.29, 0.717) is 22.2 Å². The Labute approximate surface area is 202 Å². The van der Waals surface area contributed by atoms with Gasteiger partial charge in [0.1, 0.15) is 0 Å². The summed E-state index contributed by atoms with van der Waals surface area (Å²) in [6, 6.07) is 19.6. The van der Waals surface area contributed by atoms with Gasteiger partial charge in [0.25, 0.3) is 0 Å². The second-order valence-corrected chi connectivity index (χ2v) is 8.83. The topological polar surface area (TPSA) is 112 Å². The largest absolute Gasteiger partial charge is 0.494 e. The first-order valence-electron chi connectivity index (χ1n) is 11.6. The number of aliphatic imine (C=N–C) groups is 1. The molecule has 7 nitrogen and oxygen atoms in total. The number of carbonyl (C=O) groups excluding carboxylic acids is 2. The van der Waals surface area contributed by atoms with Gasteiger partial charge in [0, 0.05) is 40.4 Å². The minimum atomic E-state index is -0.588. The first-order valence-corrected chi connectivity index (χ1v) is 11.6. The average molecular weight is 467 g/mol. The number of nitrogens with zero attached hydrogens (tertiary/aromatic N) is 2. The lowest BCUT2D eigenvalue weighted by molar-refractivity contribution is 0.1000. The van der Waals surface area contributed by atoms with E-state index in [0.717, 1.165) is 30.7 Å². The SMILES string of the molecule is NC(=O)c1cccc(C(=O)c2ccc3c(C=Nc4ccc(CN5CCCC5)cc4)c(O)[nH]c3c2)c1. The van der Waals surface area contributed by atoms with E-state index < -0.39 is 5.91 Å². The molecule has 0 radical (unpaired) electrons. The van der Waals surface area contributed by atoms with Crippen LogP contribution in [0.5, 0.6) is 5.88 Å². The molecule has 7 heteroatoms. The third-order valence-corrected chi connectivity index (χ3v) is 6.37. The Morgan fingerprint density at radius 2 is 1.69 bits per heavy atom. The number of benzene rings is 3. The second kappa shape index (κ2) is 9.56. The molecule has 1 aliphatic rings. The quantitative estimate of drug-likeness (QED) is 0.274. The molecule has 4 N–H and O–H groups in total. The summed E-state index contributed by atoms with van der Waals surface area (Å²) in [4.78, 5) is 34.3. The maximum atomic E-state index is 12.9. The van der Waals surface area contributed by atoms with E-state index in [1.807, 2.05) is 12.1 Å². The Balaban J connectivity index is 1.35. The van der Waals surface area contributed by atoms with E-state index in [2.05, 4.69) is 27.0 Å². The first kappa shape index (κ1) is 22.6. The van der Waals surface area contributed by atoms with Gasteiger partial charge in [-0.25, -0.2) is 0 Å². The molecule has 2 heterocycles. The predicted octanol–water partition coefficient (Wildman–Crippen LogP) is 4.55. The molecule has 5 rings (SSSR count). The number of nitrogens with one attached hydrogen (secondary N) is 1. The van der Waals surface area contributed by atoms with E-state index in [1.165, 1.54) is 24.5 Å². The number of ketones is 1. The van der Waals surface area contributed by atoms with Crippen LogP contribution in [0.1, 0.15) is 50.2 Å². The number of likely N-dealkylation sites (tertiary alicyclic amines) is 1. The van der Waals surface area contributed by atoms with Gasteiger partial charge in [-0.05, 0) is 61.8 Å². The van der Waals surface area contributed by atoms with Gasteiger partial charge < -0.3 is 15.8 Å². The number of primary amides is 1. The van der Waals surface area contributed by atoms with Gasteiger partial charge in [0.05, 0.1) is 11.3 Å². The minimum absolute atomic E-state index is 0.0188. The average Bonchev–Trinajstić information content (AvgIpc) is 3.49. The van der Waals surface area contributed by atoms with Gasteiger partial charge in [0.2, 0.25) is 5.91 Å². The van der Waals surface area contributed by atoms with Crippen LogP contribution in [-0.4, -0.2) is 46.0 Å². The molecule has 176 valence electrons. The molecule has 4 aromatic rings. The zero-order valence-electron chi connectivity index (χ0n) is 19.2. The number of carbonyl (C=O) groups is 2. The normalized spacial score (nSPS) is 14.2. The van der Waals surface area contributed by atoms with Crippen LogP contribution in [0.25, 0.3) is 10.9 Å². The summed E-state index contributed by atoms with van der Waals surface area (Å²) in [7, 11) is 0. The first-order chi connectivity index (χ1) is 17.0. The molecule has 0 spiro atoms. The van der Waals surface area contributed by atoms with Gasteiger partial charge in [-0.3, -0.25) is 19.5 Å². The summed E-state index contributed by atoms with van der Waals surface area (Å²) >= 11 is 0. The molecule has 1 amide bonds. The van der Waals surface area contributed by atoms with E-state index in [-0.39, 0.29) is 17.2 Å². The van der Waals surface area contributed by atoms with Crippen LogP contribution in [0.2, 0.25) is 0 Å². The van der Waals surface area contributed by atoms with Gasteiger partial charge in [-0.2, -0.15) is 0 Å². The fourth-order valence-electron chi connectivity index (χ4n) is 4.48. The molecule has 35 heavy (non-hydrogen) atoms. The molecule has 3 aromatic carbocycles. The lowest BCUT2D eigenvalue weighted by Gasteiger charge is -2.14.